The van der Waals surface area contributed by atoms with Crippen molar-refractivity contribution in [3.8, 4) is 0 Å². The highest BCUT2D eigenvalue weighted by Gasteiger charge is 2.01. The topological polar surface area (TPSA) is 42.9 Å². The molecule has 0 atom stereocenters. The summed E-state index contributed by atoms with van der Waals surface area (Å²) < 4.78 is 1.81. The molecule has 0 aliphatic heterocycles. The first-order valence-electron chi connectivity index (χ1n) is 2.80. The van der Waals surface area contributed by atoms with Crippen LogP contribution in [0.4, 0.5) is 0 Å². The zero-order chi connectivity index (χ0) is 8.10. The first-order chi connectivity index (χ1) is 5.36. The first kappa shape index (κ1) is 9.02. The van der Waals surface area contributed by atoms with Crippen LogP contribution in [0, 0.1) is 0 Å². The van der Waals surface area contributed by atoms with Crippen LogP contribution in [0.3, 0.4) is 0 Å². The summed E-state index contributed by atoms with van der Waals surface area (Å²) in [5.41, 5.74) is 0. The molecule has 0 radical (unpaired) electrons. The Hall–Kier alpha value is -0.0700. The molecule has 0 aromatic carbocycles. The van der Waals surface area contributed by atoms with E-state index in [4.69, 9.17) is 0 Å². The third-order valence-electron chi connectivity index (χ3n) is 0.837. The molecule has 0 N–H and O–H groups in total. The molecule has 6 heteroatoms. The van der Waals surface area contributed by atoms with Gasteiger partial charge in [-0.25, -0.2) is 0 Å². The van der Waals surface area contributed by atoms with Crippen LogP contribution in [0.2, 0.25) is 0 Å². The number of thioether (sulfide) groups is 2. The molecule has 0 amide bonds. The van der Waals surface area contributed by atoms with E-state index in [0.29, 0.717) is 5.75 Å². The molecule has 3 nitrogen and oxygen atoms in total. The molecule has 0 aliphatic carbocycles. The van der Waals surface area contributed by atoms with E-state index in [2.05, 4.69) is 10.2 Å². The largest absolute Gasteiger partial charge is 0.302 e. The maximum Gasteiger partial charge on any atom is 0.175 e. The highest BCUT2D eigenvalue weighted by molar-refractivity contribution is 8.03. The Balaban J connectivity index is 2.50. The molecule has 0 spiro atoms. The highest BCUT2D eigenvalue weighted by atomic mass is 32.2. The summed E-state index contributed by atoms with van der Waals surface area (Å²) in [6.45, 7) is 0. The number of aldehydes is 1. The van der Waals surface area contributed by atoms with Gasteiger partial charge in [-0.2, -0.15) is 0 Å². The summed E-state index contributed by atoms with van der Waals surface area (Å²) in [4.78, 5) is 9.98. The second-order valence-electron chi connectivity index (χ2n) is 1.52. The van der Waals surface area contributed by atoms with Crippen molar-refractivity contribution in [1.29, 1.82) is 0 Å². The number of hydrogen-bond acceptors (Lipinski definition) is 6. The van der Waals surface area contributed by atoms with Crippen molar-refractivity contribution >= 4 is 41.1 Å². The van der Waals surface area contributed by atoms with Gasteiger partial charge in [0.15, 0.2) is 8.68 Å². The molecule has 1 rings (SSSR count). The second kappa shape index (κ2) is 4.74. The van der Waals surface area contributed by atoms with Crippen LogP contribution in [0.25, 0.3) is 0 Å². The highest BCUT2D eigenvalue weighted by Crippen LogP contribution is 2.26. The summed E-state index contributed by atoms with van der Waals surface area (Å²) in [6, 6.07) is 0. The fraction of sp³-hybridized carbons (Fsp3) is 0.400. The van der Waals surface area contributed by atoms with Gasteiger partial charge in [-0.1, -0.05) is 34.9 Å². The Labute approximate surface area is 77.0 Å². The minimum Gasteiger partial charge on any atom is -0.302 e. The van der Waals surface area contributed by atoms with Crippen molar-refractivity contribution in [3.05, 3.63) is 0 Å². The molecule has 1 aromatic heterocycles. The van der Waals surface area contributed by atoms with Crippen molar-refractivity contribution < 1.29 is 4.79 Å². The third kappa shape index (κ3) is 2.80. The maximum atomic E-state index is 9.98. The summed E-state index contributed by atoms with van der Waals surface area (Å²) in [5.74, 6) is 0.461. The summed E-state index contributed by atoms with van der Waals surface area (Å²) >= 11 is 4.50. The minimum absolute atomic E-state index is 0.461. The smallest absolute Gasteiger partial charge is 0.175 e. The number of rotatable bonds is 4. The van der Waals surface area contributed by atoms with Crippen LogP contribution >= 0.6 is 34.9 Å². The molecular formula is C5H6N2OS3. The van der Waals surface area contributed by atoms with Crippen LogP contribution in [0.15, 0.2) is 8.68 Å². The Morgan fingerprint density at radius 2 is 2.27 bits per heavy atom. The van der Waals surface area contributed by atoms with Crippen molar-refractivity contribution in [1.82, 2.24) is 10.2 Å². The Bertz CT molecular complexity index is 237. The predicted molar refractivity (Wildman–Crippen MR) is 48.5 cm³/mol. The number of aromatic nitrogens is 2. The number of hydrogen-bond donors (Lipinski definition) is 0. The van der Waals surface area contributed by atoms with Gasteiger partial charge < -0.3 is 4.79 Å². The van der Waals surface area contributed by atoms with E-state index in [-0.39, 0.29) is 0 Å². The van der Waals surface area contributed by atoms with Gasteiger partial charge in [0.25, 0.3) is 0 Å². The Morgan fingerprint density at radius 3 is 2.82 bits per heavy atom. The summed E-state index contributed by atoms with van der Waals surface area (Å²) in [6.07, 6.45) is 2.82. The molecule has 0 bridgehead atoms. The van der Waals surface area contributed by atoms with E-state index < -0.39 is 0 Å². The lowest BCUT2D eigenvalue weighted by Gasteiger charge is -1.83. The average Bonchev–Trinajstić information content (AvgIpc) is 2.48. The fourth-order valence-electron chi connectivity index (χ4n) is 0.443. The monoisotopic (exact) mass is 206 g/mol. The molecule has 1 aromatic rings. The zero-order valence-corrected chi connectivity index (χ0v) is 8.26. The predicted octanol–water partition coefficient (Wildman–Crippen LogP) is 1.55. The third-order valence-corrected chi connectivity index (χ3v) is 3.77. The van der Waals surface area contributed by atoms with E-state index in [9.17, 15) is 4.79 Å². The van der Waals surface area contributed by atoms with Crippen LogP contribution < -0.4 is 0 Å². The van der Waals surface area contributed by atoms with Crippen molar-refractivity contribution in [2.45, 2.75) is 8.68 Å². The lowest BCUT2D eigenvalue weighted by Crippen LogP contribution is -1.77. The molecule has 0 saturated heterocycles. The standard InChI is InChI=1S/C5H6N2OS3/c1-9-4-6-7-5(11-4)10-3-2-8/h2H,3H2,1H3. The quantitative estimate of drug-likeness (QED) is 0.552. The van der Waals surface area contributed by atoms with Crippen molar-refractivity contribution in [3.63, 3.8) is 0 Å². The molecule has 60 valence electrons. The molecule has 0 fully saturated rings. The van der Waals surface area contributed by atoms with Gasteiger partial charge in [0, 0.05) is 0 Å². The van der Waals surface area contributed by atoms with Crippen LogP contribution in [-0.4, -0.2) is 28.5 Å². The van der Waals surface area contributed by atoms with Gasteiger partial charge in [0.05, 0.1) is 5.75 Å². The molecule has 1 heterocycles. The zero-order valence-electron chi connectivity index (χ0n) is 5.81. The molecular weight excluding hydrogens is 200 g/mol. The average molecular weight is 206 g/mol. The summed E-state index contributed by atoms with van der Waals surface area (Å²) in [7, 11) is 0. The van der Waals surface area contributed by atoms with Gasteiger partial charge in [-0.05, 0) is 6.26 Å². The maximum absolute atomic E-state index is 9.98. The number of nitrogens with zero attached hydrogens (tertiary/aromatic N) is 2. The van der Waals surface area contributed by atoms with E-state index in [1.165, 1.54) is 23.1 Å². The number of carbonyl (C=O) groups excluding carboxylic acids is 1. The van der Waals surface area contributed by atoms with Gasteiger partial charge in [0.2, 0.25) is 0 Å². The van der Waals surface area contributed by atoms with Crippen LogP contribution in [0.5, 0.6) is 0 Å². The number of carbonyl (C=O) groups is 1. The Morgan fingerprint density at radius 1 is 1.55 bits per heavy atom. The minimum atomic E-state index is 0.461. The molecule has 11 heavy (non-hydrogen) atoms. The van der Waals surface area contributed by atoms with Crippen LogP contribution in [-0.2, 0) is 4.79 Å². The lowest BCUT2D eigenvalue weighted by atomic mass is 10.9. The Kier molecular flexibility index (Phi) is 3.88. The second-order valence-corrected chi connectivity index (χ2v) is 4.81. The summed E-state index contributed by atoms with van der Waals surface area (Å²) in [5, 5.41) is 7.76. The van der Waals surface area contributed by atoms with E-state index in [1.54, 1.807) is 11.8 Å². The van der Waals surface area contributed by atoms with Crippen molar-refractivity contribution in [2.75, 3.05) is 12.0 Å². The van der Waals surface area contributed by atoms with Crippen LogP contribution in [0.1, 0.15) is 0 Å². The van der Waals surface area contributed by atoms with E-state index in [0.717, 1.165) is 15.0 Å². The van der Waals surface area contributed by atoms with Crippen molar-refractivity contribution in [2.24, 2.45) is 0 Å². The SMILES string of the molecule is CSc1nnc(SCC=O)s1. The first-order valence-corrected chi connectivity index (χ1v) is 5.83. The molecule has 0 saturated carbocycles. The van der Waals surface area contributed by atoms with Gasteiger partial charge in [-0.3, -0.25) is 0 Å². The van der Waals surface area contributed by atoms with E-state index >= 15 is 0 Å². The van der Waals surface area contributed by atoms with E-state index in [1.807, 2.05) is 6.26 Å². The fourth-order valence-corrected chi connectivity index (χ4v) is 2.59. The lowest BCUT2D eigenvalue weighted by molar-refractivity contribution is -0.105. The van der Waals surface area contributed by atoms with Gasteiger partial charge in [0.1, 0.15) is 6.29 Å². The molecule has 0 unspecified atom stereocenters. The normalized spacial score (nSPS) is 9.91. The van der Waals surface area contributed by atoms with Gasteiger partial charge >= 0.3 is 0 Å². The molecule has 0 aliphatic rings. The van der Waals surface area contributed by atoms with Gasteiger partial charge in [-0.15, -0.1) is 10.2 Å².